The number of alkyl halides is 2. The van der Waals surface area contributed by atoms with E-state index < -0.39 is 6.61 Å². The number of phenolic OH excluding ortho intramolecular Hbond substituents is 1. The molecule has 0 atom stereocenters. The predicted octanol–water partition coefficient (Wildman–Crippen LogP) is 3.90. The summed E-state index contributed by atoms with van der Waals surface area (Å²) in [6, 6.07) is 10.2. The molecule has 0 saturated carbocycles. The van der Waals surface area contributed by atoms with Crippen LogP contribution in [0.3, 0.4) is 0 Å². The molecular formula is C17H14F2O4. The largest absolute Gasteiger partial charge is 0.508 e. The lowest BCUT2D eigenvalue weighted by Gasteiger charge is -2.10. The smallest absolute Gasteiger partial charge is 0.387 e. The maximum atomic E-state index is 12.4. The van der Waals surface area contributed by atoms with Crippen molar-refractivity contribution in [2.24, 2.45) is 0 Å². The van der Waals surface area contributed by atoms with E-state index in [0.717, 1.165) is 0 Å². The van der Waals surface area contributed by atoms with Crippen LogP contribution in [-0.4, -0.2) is 24.6 Å². The second kappa shape index (κ2) is 7.40. The molecule has 0 fully saturated rings. The summed E-state index contributed by atoms with van der Waals surface area (Å²) in [5, 5.41) is 9.18. The van der Waals surface area contributed by atoms with Gasteiger partial charge in [0.25, 0.3) is 0 Å². The fourth-order valence-electron chi connectivity index (χ4n) is 1.88. The zero-order valence-corrected chi connectivity index (χ0v) is 12.2. The lowest BCUT2D eigenvalue weighted by atomic mass is 10.1. The predicted molar refractivity (Wildman–Crippen MR) is 81.1 cm³/mol. The number of methoxy groups -OCH3 is 1. The van der Waals surface area contributed by atoms with E-state index >= 15 is 0 Å². The van der Waals surface area contributed by atoms with Gasteiger partial charge in [-0.05, 0) is 48.0 Å². The number of allylic oxidation sites excluding steroid dienone is 1. The van der Waals surface area contributed by atoms with Crippen molar-refractivity contribution in [3.63, 3.8) is 0 Å². The standard InChI is InChI=1S/C17H14F2O4/c1-22-15-9-3-11(10-16(15)23-17(18)19)2-8-14(21)12-4-6-13(20)7-5-12/h2-10,17,20H,1H3. The minimum absolute atomic E-state index is 0.0643. The topological polar surface area (TPSA) is 55.8 Å². The van der Waals surface area contributed by atoms with Crippen molar-refractivity contribution in [1.29, 1.82) is 0 Å². The molecule has 0 bridgehead atoms. The van der Waals surface area contributed by atoms with Crippen LogP contribution in [0.2, 0.25) is 0 Å². The fraction of sp³-hybridized carbons (Fsp3) is 0.118. The van der Waals surface area contributed by atoms with Gasteiger partial charge in [0.1, 0.15) is 5.75 Å². The van der Waals surface area contributed by atoms with Gasteiger partial charge in [-0.2, -0.15) is 8.78 Å². The van der Waals surface area contributed by atoms with Gasteiger partial charge < -0.3 is 14.6 Å². The minimum atomic E-state index is -2.97. The van der Waals surface area contributed by atoms with Crippen molar-refractivity contribution >= 4 is 11.9 Å². The minimum Gasteiger partial charge on any atom is -0.508 e. The molecule has 2 aromatic rings. The number of ether oxygens (including phenoxy) is 2. The number of phenols is 1. The van der Waals surface area contributed by atoms with Gasteiger partial charge in [0.05, 0.1) is 7.11 Å². The summed E-state index contributed by atoms with van der Waals surface area (Å²) >= 11 is 0. The summed E-state index contributed by atoms with van der Waals surface area (Å²) in [7, 11) is 1.34. The number of carbonyl (C=O) groups excluding carboxylic acids is 1. The van der Waals surface area contributed by atoms with Gasteiger partial charge in [-0.1, -0.05) is 12.1 Å². The second-order valence-corrected chi connectivity index (χ2v) is 4.53. The first kappa shape index (κ1) is 16.5. The van der Waals surface area contributed by atoms with Crippen LogP contribution in [0.15, 0.2) is 48.5 Å². The zero-order chi connectivity index (χ0) is 16.8. The van der Waals surface area contributed by atoms with E-state index in [1.165, 1.54) is 55.7 Å². The van der Waals surface area contributed by atoms with Crippen molar-refractivity contribution in [3.05, 3.63) is 59.7 Å². The summed E-state index contributed by atoms with van der Waals surface area (Å²) in [6.45, 7) is -2.97. The Balaban J connectivity index is 2.18. The third-order valence-electron chi connectivity index (χ3n) is 2.98. The van der Waals surface area contributed by atoms with Gasteiger partial charge in [-0.15, -0.1) is 0 Å². The normalized spacial score (nSPS) is 11.0. The molecule has 23 heavy (non-hydrogen) atoms. The summed E-state index contributed by atoms with van der Waals surface area (Å²) < 4.78 is 34.0. The van der Waals surface area contributed by atoms with E-state index in [4.69, 9.17) is 4.74 Å². The van der Waals surface area contributed by atoms with E-state index in [-0.39, 0.29) is 23.0 Å². The van der Waals surface area contributed by atoms with Crippen molar-refractivity contribution < 1.29 is 28.2 Å². The third-order valence-corrected chi connectivity index (χ3v) is 2.98. The molecule has 0 aliphatic carbocycles. The van der Waals surface area contributed by atoms with Gasteiger partial charge >= 0.3 is 6.61 Å². The molecule has 0 aliphatic heterocycles. The Kier molecular flexibility index (Phi) is 5.30. The number of hydrogen-bond donors (Lipinski definition) is 1. The van der Waals surface area contributed by atoms with Gasteiger partial charge in [0.2, 0.25) is 0 Å². The molecule has 2 rings (SSSR count). The number of hydrogen-bond acceptors (Lipinski definition) is 4. The Bertz CT molecular complexity index is 709. The summed E-state index contributed by atoms with van der Waals surface area (Å²) in [4.78, 5) is 12.0. The molecule has 0 amide bonds. The van der Waals surface area contributed by atoms with E-state index in [1.54, 1.807) is 6.07 Å². The third kappa shape index (κ3) is 4.54. The van der Waals surface area contributed by atoms with Gasteiger partial charge in [-0.25, -0.2) is 0 Å². The lowest BCUT2D eigenvalue weighted by molar-refractivity contribution is -0.0512. The van der Waals surface area contributed by atoms with Crippen molar-refractivity contribution in [1.82, 2.24) is 0 Å². The highest BCUT2D eigenvalue weighted by atomic mass is 19.3. The van der Waals surface area contributed by atoms with Crippen LogP contribution >= 0.6 is 0 Å². The van der Waals surface area contributed by atoms with Gasteiger partial charge in [0.15, 0.2) is 17.3 Å². The van der Waals surface area contributed by atoms with Crippen LogP contribution < -0.4 is 9.47 Å². The van der Waals surface area contributed by atoms with Crippen molar-refractivity contribution in [2.45, 2.75) is 6.61 Å². The number of rotatable bonds is 6. The average Bonchev–Trinajstić information content (AvgIpc) is 2.53. The van der Waals surface area contributed by atoms with E-state index in [2.05, 4.69) is 4.74 Å². The molecule has 0 unspecified atom stereocenters. The Morgan fingerprint density at radius 1 is 1.13 bits per heavy atom. The Labute approximate surface area is 131 Å². The highest BCUT2D eigenvalue weighted by Crippen LogP contribution is 2.30. The van der Waals surface area contributed by atoms with Crippen LogP contribution in [0.4, 0.5) is 8.78 Å². The molecule has 0 spiro atoms. The first-order valence-corrected chi connectivity index (χ1v) is 6.64. The fourth-order valence-corrected chi connectivity index (χ4v) is 1.88. The highest BCUT2D eigenvalue weighted by Gasteiger charge is 2.10. The molecule has 0 aliphatic rings. The molecule has 1 N–H and O–H groups in total. The first-order valence-electron chi connectivity index (χ1n) is 6.64. The Morgan fingerprint density at radius 3 is 2.43 bits per heavy atom. The van der Waals surface area contributed by atoms with Crippen molar-refractivity contribution in [2.75, 3.05) is 7.11 Å². The number of ketones is 1. The van der Waals surface area contributed by atoms with Gasteiger partial charge in [0, 0.05) is 5.56 Å². The van der Waals surface area contributed by atoms with Crippen LogP contribution in [0.1, 0.15) is 15.9 Å². The van der Waals surface area contributed by atoms with Gasteiger partial charge in [-0.3, -0.25) is 4.79 Å². The van der Waals surface area contributed by atoms with Crippen LogP contribution in [0, 0.1) is 0 Å². The summed E-state index contributed by atoms with van der Waals surface area (Å²) in [6.07, 6.45) is 2.79. The molecule has 0 heterocycles. The molecule has 0 saturated heterocycles. The van der Waals surface area contributed by atoms with Crippen molar-refractivity contribution in [3.8, 4) is 17.2 Å². The van der Waals surface area contributed by atoms with E-state index in [9.17, 15) is 18.7 Å². The number of aromatic hydroxyl groups is 1. The molecule has 0 aromatic heterocycles. The molecule has 2 aromatic carbocycles. The Hall–Kier alpha value is -2.89. The SMILES string of the molecule is COc1ccc(C=CC(=O)c2ccc(O)cc2)cc1OC(F)F. The summed E-state index contributed by atoms with van der Waals surface area (Å²) in [5.74, 6) is -0.152. The van der Waals surface area contributed by atoms with Crippen LogP contribution in [-0.2, 0) is 0 Å². The monoisotopic (exact) mass is 320 g/mol. The molecule has 4 nitrogen and oxygen atoms in total. The molecular weight excluding hydrogens is 306 g/mol. The molecule has 120 valence electrons. The second-order valence-electron chi connectivity index (χ2n) is 4.53. The van der Waals surface area contributed by atoms with Crippen LogP contribution in [0.25, 0.3) is 6.08 Å². The average molecular weight is 320 g/mol. The van der Waals surface area contributed by atoms with E-state index in [0.29, 0.717) is 11.1 Å². The number of benzene rings is 2. The quantitative estimate of drug-likeness (QED) is 0.648. The lowest BCUT2D eigenvalue weighted by Crippen LogP contribution is -2.03. The molecule has 0 radical (unpaired) electrons. The van der Waals surface area contributed by atoms with E-state index in [1.807, 2.05) is 0 Å². The summed E-state index contributed by atoms with van der Waals surface area (Å²) in [5.41, 5.74) is 0.908. The number of carbonyl (C=O) groups is 1. The zero-order valence-electron chi connectivity index (χ0n) is 12.2. The maximum absolute atomic E-state index is 12.4. The van der Waals surface area contributed by atoms with Crippen LogP contribution in [0.5, 0.6) is 17.2 Å². The maximum Gasteiger partial charge on any atom is 0.387 e. The highest BCUT2D eigenvalue weighted by molar-refractivity contribution is 6.06. The number of halogens is 2. The molecule has 6 heteroatoms. The first-order chi connectivity index (χ1) is 11.0. The Morgan fingerprint density at radius 2 is 1.83 bits per heavy atom.